The molecule has 1 aliphatic rings. The number of benzene rings is 1. The van der Waals surface area contributed by atoms with Crippen molar-refractivity contribution in [2.75, 3.05) is 31.1 Å². The first-order valence-corrected chi connectivity index (χ1v) is 7.91. The number of rotatable bonds is 1. The molecular weight excluding hydrogens is 341 g/mol. The average Bonchev–Trinajstić information content (AvgIpc) is 2.82. The molecule has 0 atom stereocenters. The first kappa shape index (κ1) is 16.0. The van der Waals surface area contributed by atoms with E-state index in [1.54, 1.807) is 11.8 Å². The summed E-state index contributed by atoms with van der Waals surface area (Å²) in [7, 11) is 0. The number of anilines is 1. The maximum Gasteiger partial charge on any atom is 0.361 e. The number of carbonyl (C=O) groups excluding carboxylic acids is 1. The molecule has 1 fully saturated rings. The zero-order valence-corrected chi connectivity index (χ0v) is 14.0. The number of halogens is 2. The van der Waals surface area contributed by atoms with Crippen LogP contribution >= 0.6 is 23.2 Å². The summed E-state index contributed by atoms with van der Waals surface area (Å²) in [6.07, 6.45) is 0. The highest BCUT2D eigenvalue weighted by Crippen LogP contribution is 2.21. The van der Waals surface area contributed by atoms with Crippen LogP contribution in [0.5, 0.6) is 0 Å². The largest absolute Gasteiger partial charge is 0.370 e. The highest BCUT2D eigenvalue weighted by Gasteiger charge is 2.26. The van der Waals surface area contributed by atoms with Crippen molar-refractivity contribution >= 4 is 34.9 Å². The Bertz CT molecular complexity index is 792. The van der Waals surface area contributed by atoms with E-state index < -0.39 is 11.6 Å². The Morgan fingerprint density at radius 1 is 1.17 bits per heavy atom. The molecular formula is C15H15Cl2N3O3. The standard InChI is InChI=1S/C15H15Cl2N3O3/c1-10-13(17)14(21)20(23-10)15(22)19-7-5-18(6-8-19)12-4-2-3-11(16)9-12/h2-4,9H,5-8H2,1H3. The van der Waals surface area contributed by atoms with Crippen LogP contribution < -0.4 is 10.5 Å². The Hall–Kier alpha value is -1.92. The zero-order chi connectivity index (χ0) is 16.6. The predicted octanol–water partition coefficient (Wildman–Crippen LogP) is 2.85. The van der Waals surface area contributed by atoms with Crippen LogP contribution in [0.1, 0.15) is 5.76 Å². The lowest BCUT2D eigenvalue weighted by Crippen LogP contribution is -2.51. The van der Waals surface area contributed by atoms with Gasteiger partial charge in [0.15, 0.2) is 5.76 Å². The van der Waals surface area contributed by atoms with Crippen LogP contribution in [0.25, 0.3) is 0 Å². The summed E-state index contributed by atoms with van der Waals surface area (Å²) < 4.78 is 5.85. The van der Waals surface area contributed by atoms with E-state index in [9.17, 15) is 9.59 Å². The van der Waals surface area contributed by atoms with E-state index in [-0.39, 0.29) is 10.8 Å². The normalized spacial score (nSPS) is 15.1. The van der Waals surface area contributed by atoms with Crippen LogP contribution in [0.4, 0.5) is 10.5 Å². The summed E-state index contributed by atoms with van der Waals surface area (Å²) in [5.74, 6) is 0.239. The van der Waals surface area contributed by atoms with Gasteiger partial charge in [0.05, 0.1) is 0 Å². The third kappa shape index (κ3) is 3.09. The molecule has 23 heavy (non-hydrogen) atoms. The third-order valence-electron chi connectivity index (χ3n) is 3.81. The maximum atomic E-state index is 12.4. The van der Waals surface area contributed by atoms with Crippen LogP contribution in [-0.4, -0.2) is 41.8 Å². The molecule has 0 radical (unpaired) electrons. The third-order valence-corrected chi connectivity index (χ3v) is 4.47. The van der Waals surface area contributed by atoms with Gasteiger partial charge in [0.1, 0.15) is 5.02 Å². The van der Waals surface area contributed by atoms with E-state index in [1.165, 1.54) is 0 Å². The number of aromatic nitrogens is 1. The molecule has 122 valence electrons. The van der Waals surface area contributed by atoms with Crippen LogP contribution in [0.15, 0.2) is 33.6 Å². The van der Waals surface area contributed by atoms with E-state index in [2.05, 4.69) is 4.90 Å². The lowest BCUT2D eigenvalue weighted by Gasteiger charge is -2.35. The second kappa shape index (κ2) is 6.29. The fourth-order valence-corrected chi connectivity index (χ4v) is 2.84. The molecule has 2 aromatic rings. The van der Waals surface area contributed by atoms with Crippen molar-refractivity contribution in [3.8, 4) is 0 Å². The number of hydrogen-bond acceptors (Lipinski definition) is 4. The Balaban J connectivity index is 1.70. The molecule has 1 amide bonds. The van der Waals surface area contributed by atoms with Crippen LogP contribution in [0.2, 0.25) is 10.0 Å². The number of aryl methyl sites for hydroxylation is 1. The fraction of sp³-hybridized carbons (Fsp3) is 0.333. The van der Waals surface area contributed by atoms with Crippen molar-refractivity contribution in [1.82, 2.24) is 9.64 Å². The summed E-state index contributed by atoms with van der Waals surface area (Å²) in [6.45, 7) is 3.80. The van der Waals surface area contributed by atoms with Gasteiger partial charge < -0.3 is 14.3 Å². The summed E-state index contributed by atoms with van der Waals surface area (Å²) in [5, 5.41) is 0.615. The molecule has 0 bridgehead atoms. The average molecular weight is 356 g/mol. The molecule has 1 aromatic carbocycles. The molecule has 3 rings (SSSR count). The van der Waals surface area contributed by atoms with Gasteiger partial charge in [0, 0.05) is 36.9 Å². The zero-order valence-electron chi connectivity index (χ0n) is 12.5. The second-order valence-electron chi connectivity index (χ2n) is 5.30. The molecule has 8 heteroatoms. The summed E-state index contributed by atoms with van der Waals surface area (Å²) in [4.78, 5) is 28.0. The van der Waals surface area contributed by atoms with Crippen molar-refractivity contribution in [3.63, 3.8) is 0 Å². The molecule has 2 heterocycles. The minimum Gasteiger partial charge on any atom is -0.370 e. The molecule has 1 aliphatic heterocycles. The van der Waals surface area contributed by atoms with Gasteiger partial charge in [-0.05, 0) is 25.1 Å². The van der Waals surface area contributed by atoms with Crippen LogP contribution in [0, 0.1) is 6.92 Å². The Labute approximate surface area is 142 Å². The van der Waals surface area contributed by atoms with Crippen LogP contribution in [0.3, 0.4) is 0 Å². The van der Waals surface area contributed by atoms with Gasteiger partial charge >= 0.3 is 11.6 Å². The van der Waals surface area contributed by atoms with E-state index in [4.69, 9.17) is 27.7 Å². The van der Waals surface area contributed by atoms with E-state index in [0.717, 1.165) is 5.69 Å². The second-order valence-corrected chi connectivity index (χ2v) is 6.11. The SMILES string of the molecule is Cc1on(C(=O)N2CCN(c3cccc(Cl)c3)CC2)c(=O)c1Cl. The van der Waals surface area contributed by atoms with Crippen molar-refractivity contribution in [3.05, 3.63) is 50.4 Å². The van der Waals surface area contributed by atoms with E-state index in [0.29, 0.717) is 35.9 Å². The van der Waals surface area contributed by atoms with Gasteiger partial charge in [-0.25, -0.2) is 4.79 Å². The molecule has 0 unspecified atom stereocenters. The van der Waals surface area contributed by atoms with Crippen molar-refractivity contribution in [1.29, 1.82) is 0 Å². The summed E-state index contributed by atoms with van der Waals surface area (Å²) in [5.41, 5.74) is 0.394. The lowest BCUT2D eigenvalue weighted by molar-refractivity contribution is 0.162. The van der Waals surface area contributed by atoms with Crippen molar-refractivity contribution in [2.45, 2.75) is 6.92 Å². The highest BCUT2D eigenvalue weighted by atomic mass is 35.5. The Kier molecular flexibility index (Phi) is 4.37. The van der Waals surface area contributed by atoms with Crippen LogP contribution in [-0.2, 0) is 0 Å². The van der Waals surface area contributed by atoms with Crippen molar-refractivity contribution < 1.29 is 9.32 Å². The Morgan fingerprint density at radius 2 is 1.87 bits per heavy atom. The topological polar surface area (TPSA) is 58.7 Å². The van der Waals surface area contributed by atoms with Gasteiger partial charge in [0.25, 0.3) is 0 Å². The van der Waals surface area contributed by atoms with Gasteiger partial charge in [0.2, 0.25) is 0 Å². The number of carbonyl (C=O) groups is 1. The first-order valence-electron chi connectivity index (χ1n) is 7.15. The number of amides is 1. The molecule has 0 N–H and O–H groups in total. The summed E-state index contributed by atoms with van der Waals surface area (Å²) in [6, 6.07) is 7.08. The number of nitrogens with zero attached hydrogens (tertiary/aromatic N) is 3. The number of piperazine rings is 1. The summed E-state index contributed by atoms with van der Waals surface area (Å²) >= 11 is 11.8. The molecule has 1 aromatic heterocycles. The minimum atomic E-state index is -0.619. The van der Waals surface area contributed by atoms with E-state index in [1.807, 2.05) is 24.3 Å². The van der Waals surface area contributed by atoms with E-state index >= 15 is 0 Å². The molecule has 6 nitrogen and oxygen atoms in total. The van der Waals surface area contributed by atoms with Gasteiger partial charge in [-0.1, -0.05) is 34.0 Å². The van der Waals surface area contributed by atoms with Gasteiger partial charge in [-0.2, -0.15) is 0 Å². The fourth-order valence-electron chi connectivity index (χ4n) is 2.54. The molecule has 0 aliphatic carbocycles. The monoisotopic (exact) mass is 355 g/mol. The maximum absolute atomic E-state index is 12.4. The lowest BCUT2D eigenvalue weighted by atomic mass is 10.2. The van der Waals surface area contributed by atoms with Gasteiger partial charge in [-0.15, -0.1) is 0 Å². The quantitative estimate of drug-likeness (QED) is 0.789. The smallest absolute Gasteiger partial charge is 0.361 e. The van der Waals surface area contributed by atoms with Gasteiger partial charge in [-0.3, -0.25) is 4.79 Å². The molecule has 0 spiro atoms. The molecule has 0 saturated carbocycles. The Morgan fingerprint density at radius 3 is 2.43 bits per heavy atom. The molecule has 1 saturated heterocycles. The highest BCUT2D eigenvalue weighted by molar-refractivity contribution is 6.31. The number of hydrogen-bond donors (Lipinski definition) is 0. The predicted molar refractivity (Wildman–Crippen MR) is 88.7 cm³/mol. The van der Waals surface area contributed by atoms with Crippen molar-refractivity contribution in [2.24, 2.45) is 0 Å². The minimum absolute atomic E-state index is 0.0593. The first-order chi connectivity index (χ1) is 11.0.